The number of carbonyl (C=O) groups excluding carboxylic acids is 1. The Morgan fingerprint density at radius 2 is 1.58 bits per heavy atom. The van der Waals surface area contributed by atoms with E-state index >= 15 is 0 Å². The van der Waals surface area contributed by atoms with Gasteiger partial charge in [-0.2, -0.15) is 0 Å². The average molecular weight is 286 g/mol. The predicted octanol–water partition coefficient (Wildman–Crippen LogP) is 4.26. The molecule has 2 rings (SSSR count). The van der Waals surface area contributed by atoms with Gasteiger partial charge in [0.2, 0.25) is 5.91 Å². The van der Waals surface area contributed by atoms with Gasteiger partial charge < -0.3 is 5.32 Å². The summed E-state index contributed by atoms with van der Waals surface area (Å²) >= 11 is 6.13. The van der Waals surface area contributed by atoms with E-state index in [1.807, 2.05) is 0 Å². The standard InChI is InChI=1S/C16H28ClNO/c17-12-16(10-6-7-11-16)13-18-15(19)14-8-4-2-1-3-5-9-14/h14H,1-13H2,(H,18,19). The first-order chi connectivity index (χ1) is 9.26. The van der Waals surface area contributed by atoms with Gasteiger partial charge >= 0.3 is 0 Å². The van der Waals surface area contributed by atoms with E-state index in [0.717, 1.165) is 19.4 Å². The van der Waals surface area contributed by atoms with Crippen LogP contribution in [0.5, 0.6) is 0 Å². The highest BCUT2D eigenvalue weighted by Gasteiger charge is 2.33. The van der Waals surface area contributed by atoms with Crippen molar-refractivity contribution >= 4 is 17.5 Å². The van der Waals surface area contributed by atoms with Gasteiger partial charge in [0.05, 0.1) is 0 Å². The first-order valence-corrected chi connectivity index (χ1v) is 8.63. The molecule has 0 heterocycles. The summed E-state index contributed by atoms with van der Waals surface area (Å²) < 4.78 is 0. The molecular formula is C16H28ClNO. The van der Waals surface area contributed by atoms with Gasteiger partial charge in [-0.25, -0.2) is 0 Å². The largest absolute Gasteiger partial charge is 0.355 e. The van der Waals surface area contributed by atoms with Gasteiger partial charge in [-0.05, 0) is 25.7 Å². The van der Waals surface area contributed by atoms with Gasteiger partial charge in [-0.3, -0.25) is 4.79 Å². The Balaban J connectivity index is 1.79. The Morgan fingerprint density at radius 1 is 1.00 bits per heavy atom. The number of carbonyl (C=O) groups is 1. The summed E-state index contributed by atoms with van der Waals surface area (Å²) in [5, 5.41) is 3.21. The second kappa shape index (κ2) is 7.52. The van der Waals surface area contributed by atoms with Crippen LogP contribution in [0.2, 0.25) is 0 Å². The molecule has 0 aromatic rings. The van der Waals surface area contributed by atoms with Crippen LogP contribution in [0.25, 0.3) is 0 Å². The Kier molecular flexibility index (Phi) is 6.00. The normalized spacial score (nSPS) is 24.7. The molecule has 1 amide bonds. The predicted molar refractivity (Wildman–Crippen MR) is 80.4 cm³/mol. The Hall–Kier alpha value is -0.240. The zero-order chi connectivity index (χ0) is 13.6. The molecule has 1 N–H and O–H groups in total. The zero-order valence-electron chi connectivity index (χ0n) is 12.1. The van der Waals surface area contributed by atoms with Crippen molar-refractivity contribution in [2.24, 2.45) is 11.3 Å². The Bertz CT molecular complexity index is 278. The molecule has 19 heavy (non-hydrogen) atoms. The molecule has 3 heteroatoms. The molecule has 2 fully saturated rings. The molecule has 0 unspecified atom stereocenters. The third-order valence-corrected chi connectivity index (χ3v) is 5.63. The van der Waals surface area contributed by atoms with Crippen molar-refractivity contribution in [3.63, 3.8) is 0 Å². The van der Waals surface area contributed by atoms with Crippen LogP contribution in [0.1, 0.15) is 70.6 Å². The van der Waals surface area contributed by atoms with E-state index in [4.69, 9.17) is 11.6 Å². The fourth-order valence-corrected chi connectivity index (χ4v) is 3.98. The van der Waals surface area contributed by atoms with Gasteiger partial charge in [0.25, 0.3) is 0 Å². The SMILES string of the molecule is O=C(NCC1(CCl)CCCC1)C1CCCCCCC1. The Morgan fingerprint density at radius 3 is 2.16 bits per heavy atom. The summed E-state index contributed by atoms with van der Waals surface area (Å²) in [6, 6.07) is 0. The average Bonchev–Trinajstić information content (AvgIpc) is 2.85. The van der Waals surface area contributed by atoms with E-state index in [1.165, 1.54) is 57.8 Å². The Labute approximate surface area is 122 Å². The summed E-state index contributed by atoms with van der Waals surface area (Å²) in [5.41, 5.74) is 0.193. The molecule has 0 aromatic carbocycles. The molecule has 0 radical (unpaired) electrons. The van der Waals surface area contributed by atoms with Crippen molar-refractivity contribution in [2.75, 3.05) is 12.4 Å². The number of hydrogen-bond donors (Lipinski definition) is 1. The van der Waals surface area contributed by atoms with Crippen LogP contribution in [0.15, 0.2) is 0 Å². The van der Waals surface area contributed by atoms with E-state index in [2.05, 4.69) is 5.32 Å². The lowest BCUT2D eigenvalue weighted by Gasteiger charge is -2.28. The van der Waals surface area contributed by atoms with E-state index < -0.39 is 0 Å². The summed E-state index contributed by atoms with van der Waals surface area (Å²) in [5.74, 6) is 1.24. The van der Waals surface area contributed by atoms with Crippen LogP contribution >= 0.6 is 11.6 Å². The first kappa shape index (κ1) is 15.2. The van der Waals surface area contributed by atoms with Crippen molar-refractivity contribution in [1.29, 1.82) is 0 Å². The highest BCUT2D eigenvalue weighted by molar-refractivity contribution is 6.18. The molecule has 0 atom stereocenters. The monoisotopic (exact) mass is 285 g/mol. The lowest BCUT2D eigenvalue weighted by atomic mass is 9.87. The topological polar surface area (TPSA) is 29.1 Å². The molecule has 0 aromatic heterocycles. The smallest absolute Gasteiger partial charge is 0.223 e. The van der Waals surface area contributed by atoms with Crippen molar-refractivity contribution in [3.8, 4) is 0 Å². The third-order valence-electron chi connectivity index (χ3n) is 5.06. The van der Waals surface area contributed by atoms with Gasteiger partial charge in [-0.1, -0.05) is 44.9 Å². The maximum absolute atomic E-state index is 12.3. The van der Waals surface area contributed by atoms with Crippen LogP contribution in [0, 0.1) is 11.3 Å². The molecule has 2 nitrogen and oxygen atoms in total. The second-order valence-electron chi connectivity index (χ2n) is 6.60. The molecule has 2 aliphatic rings. The molecule has 0 bridgehead atoms. The molecule has 0 spiro atoms. The summed E-state index contributed by atoms with van der Waals surface area (Å²) in [7, 11) is 0. The maximum atomic E-state index is 12.3. The fourth-order valence-electron chi connectivity index (χ4n) is 3.62. The zero-order valence-corrected chi connectivity index (χ0v) is 12.8. The molecule has 2 aliphatic carbocycles. The summed E-state index contributed by atoms with van der Waals surface area (Å²) in [4.78, 5) is 12.3. The molecule has 110 valence electrons. The van der Waals surface area contributed by atoms with Crippen LogP contribution in [0.4, 0.5) is 0 Å². The number of hydrogen-bond acceptors (Lipinski definition) is 1. The van der Waals surface area contributed by atoms with E-state index in [1.54, 1.807) is 0 Å². The maximum Gasteiger partial charge on any atom is 0.223 e. The molecule has 0 saturated heterocycles. The van der Waals surface area contributed by atoms with Crippen LogP contribution in [0.3, 0.4) is 0 Å². The van der Waals surface area contributed by atoms with E-state index in [9.17, 15) is 4.79 Å². The molecule has 2 saturated carbocycles. The molecular weight excluding hydrogens is 258 g/mol. The third kappa shape index (κ3) is 4.37. The lowest BCUT2D eigenvalue weighted by molar-refractivity contribution is -0.126. The minimum atomic E-state index is 0.193. The number of nitrogens with one attached hydrogen (secondary N) is 1. The van der Waals surface area contributed by atoms with Gasteiger partial charge in [0, 0.05) is 23.8 Å². The first-order valence-electron chi connectivity index (χ1n) is 8.09. The van der Waals surface area contributed by atoms with E-state index in [0.29, 0.717) is 11.8 Å². The van der Waals surface area contributed by atoms with Crippen LogP contribution < -0.4 is 5.32 Å². The summed E-state index contributed by atoms with van der Waals surface area (Å²) in [6.07, 6.45) is 13.5. The number of alkyl halides is 1. The van der Waals surface area contributed by atoms with E-state index in [-0.39, 0.29) is 11.3 Å². The van der Waals surface area contributed by atoms with Gasteiger partial charge in [0.1, 0.15) is 0 Å². The van der Waals surface area contributed by atoms with Gasteiger partial charge in [-0.15, -0.1) is 11.6 Å². The van der Waals surface area contributed by atoms with Crippen molar-refractivity contribution in [2.45, 2.75) is 70.6 Å². The van der Waals surface area contributed by atoms with Crippen molar-refractivity contribution in [1.82, 2.24) is 5.32 Å². The lowest BCUT2D eigenvalue weighted by Crippen LogP contribution is -2.40. The number of halogens is 1. The molecule has 0 aliphatic heterocycles. The minimum absolute atomic E-state index is 0.193. The fraction of sp³-hybridized carbons (Fsp3) is 0.938. The number of amides is 1. The second-order valence-corrected chi connectivity index (χ2v) is 6.87. The van der Waals surface area contributed by atoms with Crippen LogP contribution in [-0.2, 0) is 4.79 Å². The van der Waals surface area contributed by atoms with Crippen molar-refractivity contribution < 1.29 is 4.79 Å². The number of rotatable bonds is 4. The minimum Gasteiger partial charge on any atom is -0.355 e. The quantitative estimate of drug-likeness (QED) is 0.768. The van der Waals surface area contributed by atoms with Crippen molar-refractivity contribution in [3.05, 3.63) is 0 Å². The van der Waals surface area contributed by atoms with Crippen LogP contribution in [-0.4, -0.2) is 18.3 Å². The highest BCUT2D eigenvalue weighted by atomic mass is 35.5. The highest BCUT2D eigenvalue weighted by Crippen LogP contribution is 2.38. The summed E-state index contributed by atoms with van der Waals surface area (Å²) in [6.45, 7) is 0.797. The van der Waals surface area contributed by atoms with Gasteiger partial charge in [0.15, 0.2) is 0 Å².